The summed E-state index contributed by atoms with van der Waals surface area (Å²) < 4.78 is 53.1. The average molecular weight is 902 g/mol. The van der Waals surface area contributed by atoms with Gasteiger partial charge in [0.1, 0.15) is 24.2 Å². The molecule has 2 atom stereocenters. The largest absolute Gasteiger partial charge is 0.505 e. The molecule has 0 amide bonds. The normalized spacial score (nSPS) is 11.7. The van der Waals surface area contributed by atoms with Gasteiger partial charge in [0.15, 0.2) is 5.22 Å². The first-order chi connectivity index (χ1) is 28.1. The molecule has 2 rings (SSSR count). The number of hydrogen-bond donors (Lipinski definition) is 0. The number of terminal acetylenes is 2. The van der Waals surface area contributed by atoms with Crippen LogP contribution in [0.25, 0.3) is 0 Å². The average Bonchev–Trinajstić information content (AvgIpc) is 4.20. The maximum Gasteiger partial charge on any atom is 0.348 e. The zero-order valence-electron chi connectivity index (χ0n) is 37.1. The van der Waals surface area contributed by atoms with Crippen LogP contribution in [0.2, 0.25) is 0 Å². The Bertz CT molecular complexity index is 1220. The minimum absolute atomic E-state index is 0.0660. The summed E-state index contributed by atoms with van der Waals surface area (Å²) in [5, 5.41) is 0.132. The lowest BCUT2D eigenvalue weighted by atomic mass is 10.3. The predicted molar refractivity (Wildman–Crippen MR) is 231 cm³/mol. The van der Waals surface area contributed by atoms with Gasteiger partial charge in [-0.2, -0.15) is 0 Å². The number of ether oxygens (including phenoxy) is 12. The van der Waals surface area contributed by atoms with Crippen LogP contribution in [0.3, 0.4) is 0 Å². The van der Waals surface area contributed by atoms with E-state index in [2.05, 4.69) is 93.9 Å². The van der Waals surface area contributed by atoms with E-state index >= 15 is 0 Å². The summed E-state index contributed by atoms with van der Waals surface area (Å²) in [7, 11) is 14.5. The third-order valence-corrected chi connectivity index (χ3v) is 4.83. The van der Waals surface area contributed by atoms with Gasteiger partial charge in [0.05, 0.1) is 101 Å². The van der Waals surface area contributed by atoms with E-state index in [4.69, 9.17) is 50.3 Å². The van der Waals surface area contributed by atoms with E-state index in [0.29, 0.717) is 24.7 Å². The molecule has 2 unspecified atom stereocenters. The van der Waals surface area contributed by atoms with Crippen molar-refractivity contribution in [2.45, 2.75) is 38.9 Å². The highest BCUT2D eigenvalue weighted by molar-refractivity contribution is 6.40. The number of rotatable bonds is 12. The highest BCUT2D eigenvalue weighted by Gasteiger charge is 2.25. The summed E-state index contributed by atoms with van der Waals surface area (Å²) in [4.78, 5) is 50.5. The molecule has 2 heterocycles. The number of epoxide rings is 2. The summed E-state index contributed by atoms with van der Waals surface area (Å²) in [5.41, 5.74) is 0.433. The molecule has 2 saturated heterocycles. The van der Waals surface area contributed by atoms with Crippen LogP contribution in [-0.4, -0.2) is 140 Å². The highest BCUT2D eigenvalue weighted by atomic mass is 35.5. The second-order valence-electron chi connectivity index (χ2n) is 9.50. The fourth-order valence-corrected chi connectivity index (χ4v) is 1.49. The lowest BCUT2D eigenvalue weighted by Crippen LogP contribution is -2.03. The molecule has 346 valence electrons. The number of allylic oxidation sites excluding steroid dienone is 1. The van der Waals surface area contributed by atoms with Gasteiger partial charge in [0.25, 0.3) is 0 Å². The fraction of sp³-hybridized carbons (Fsp3) is 0.488. The molecular weight excluding hydrogens is 835 g/mol. The lowest BCUT2D eigenvalue weighted by Gasteiger charge is -1.91. The van der Waals surface area contributed by atoms with Gasteiger partial charge in [0.2, 0.25) is 0 Å². The van der Waals surface area contributed by atoms with Crippen molar-refractivity contribution in [1.29, 1.82) is 0 Å². The van der Waals surface area contributed by atoms with Crippen LogP contribution in [0.5, 0.6) is 0 Å². The third-order valence-electron chi connectivity index (χ3n) is 4.53. The van der Waals surface area contributed by atoms with Gasteiger partial charge in [0, 0.05) is 25.9 Å². The number of carbonyl (C=O) groups excluding carboxylic acids is 5. The molecule has 2 aliphatic rings. The first-order valence-corrected chi connectivity index (χ1v) is 17.2. The van der Waals surface area contributed by atoms with E-state index in [9.17, 15) is 24.0 Å². The lowest BCUT2D eigenvalue weighted by molar-refractivity contribution is -0.141. The van der Waals surface area contributed by atoms with E-state index in [-0.39, 0.29) is 40.7 Å². The molecular formula is C41H66Cl2O17. The topological polar surface area (TPSA) is 203 Å². The molecule has 0 spiro atoms. The third kappa shape index (κ3) is 99.1. The van der Waals surface area contributed by atoms with Gasteiger partial charge in [-0.25, -0.2) is 14.4 Å². The maximum absolute atomic E-state index is 10.4. The fourth-order valence-electron chi connectivity index (χ4n) is 1.41. The molecule has 0 aromatic carbocycles. The van der Waals surface area contributed by atoms with Gasteiger partial charge in [-0.3, -0.25) is 9.59 Å². The van der Waals surface area contributed by atoms with E-state index in [1.54, 1.807) is 42.3 Å². The van der Waals surface area contributed by atoms with E-state index in [1.165, 1.54) is 48.9 Å². The van der Waals surface area contributed by atoms with Crippen LogP contribution in [-0.2, 0) is 80.8 Å². The standard InChI is InChI=1S/C5H8O3.C5H8O2.C5H6O2.C4H5ClO2.C4H8O2.C4H6O2.C4H8O.C4H6O.C3H5ClO.C3H6O/c1-7-5(6)2-4-3-8-4;1-4(2)5(6)7-3;1-3-4-5(6)7-2;1-3(5)4(6)7-2;1-5-2-4-3-6-4;1-3-4(5)6-2;1-4(2)5-3;1-3-4-5-2;1-3(4)5-2;1-3-4-2/h4H,2-3H2,1H3;1H2,2-3H3;1H,4H2,2H3;1H2,2H3;4H,2-3H2,1H3;3H,1H2,2H3;1H2,2-3H3;1H,4H2,2H3;1H2,2H3;3H,1H2,2H3. The molecule has 0 N–H and O–H groups in total. The quantitative estimate of drug-likeness (QED) is 0.0575. The van der Waals surface area contributed by atoms with Crippen LogP contribution < -0.4 is 0 Å². The number of esters is 5. The van der Waals surface area contributed by atoms with Crippen LogP contribution in [0.15, 0.2) is 73.4 Å². The van der Waals surface area contributed by atoms with E-state index in [1.807, 2.05) is 0 Å². The van der Waals surface area contributed by atoms with Crippen molar-refractivity contribution < 1.29 is 80.8 Å². The Morgan fingerprint density at radius 1 is 0.667 bits per heavy atom. The Balaban J connectivity index is -0.0000000840. The monoisotopic (exact) mass is 900 g/mol. The van der Waals surface area contributed by atoms with Crippen molar-refractivity contribution in [2.75, 3.05) is 97.5 Å². The van der Waals surface area contributed by atoms with E-state index in [0.717, 1.165) is 31.7 Å². The Labute approximate surface area is 367 Å². The predicted octanol–water partition coefficient (Wildman–Crippen LogP) is 5.71. The van der Waals surface area contributed by atoms with E-state index < -0.39 is 11.9 Å². The number of hydrogen-bond acceptors (Lipinski definition) is 17. The summed E-state index contributed by atoms with van der Waals surface area (Å²) >= 11 is 10.1. The molecule has 0 radical (unpaired) electrons. The number of methoxy groups -OCH3 is 10. The zero-order valence-corrected chi connectivity index (χ0v) is 38.7. The summed E-state index contributed by atoms with van der Waals surface area (Å²) in [6, 6.07) is 0. The molecule has 2 fully saturated rings. The molecule has 60 heavy (non-hydrogen) atoms. The maximum atomic E-state index is 10.4. The molecule has 0 saturated carbocycles. The Morgan fingerprint density at radius 2 is 1.08 bits per heavy atom. The van der Waals surface area contributed by atoms with Crippen LogP contribution >= 0.6 is 23.2 Å². The van der Waals surface area contributed by atoms with Gasteiger partial charge in [-0.15, -0.1) is 12.8 Å². The van der Waals surface area contributed by atoms with Crippen molar-refractivity contribution in [3.05, 3.63) is 73.4 Å². The first kappa shape index (κ1) is 72.4. The molecule has 19 heteroatoms. The Hall–Kier alpha value is -5.27. The van der Waals surface area contributed by atoms with Gasteiger partial charge in [-0.05, 0) is 32.0 Å². The van der Waals surface area contributed by atoms with Gasteiger partial charge in [-0.1, -0.05) is 56.3 Å². The second-order valence-corrected chi connectivity index (χ2v) is 10.4. The molecule has 0 aromatic rings. The minimum atomic E-state index is -0.582. The summed E-state index contributed by atoms with van der Waals surface area (Å²) in [6.45, 7) is 25.8. The summed E-state index contributed by atoms with van der Waals surface area (Å²) in [6.07, 6.45) is 13.1. The van der Waals surface area contributed by atoms with Crippen molar-refractivity contribution in [3.63, 3.8) is 0 Å². The van der Waals surface area contributed by atoms with Crippen molar-refractivity contribution >= 4 is 53.0 Å². The Kier molecular flexibility index (Phi) is 72.8. The van der Waals surface area contributed by atoms with Crippen LogP contribution in [0, 0.1) is 24.7 Å². The van der Waals surface area contributed by atoms with Crippen LogP contribution in [0.4, 0.5) is 0 Å². The van der Waals surface area contributed by atoms with Crippen LogP contribution in [0.1, 0.15) is 26.7 Å². The molecule has 0 bridgehead atoms. The smallest absolute Gasteiger partial charge is 0.348 e. The Morgan fingerprint density at radius 3 is 1.17 bits per heavy atom. The molecule has 2 aliphatic heterocycles. The van der Waals surface area contributed by atoms with Crippen molar-refractivity contribution in [2.24, 2.45) is 0 Å². The summed E-state index contributed by atoms with van der Waals surface area (Å²) in [5.74, 6) is 3.32. The van der Waals surface area contributed by atoms with Crippen molar-refractivity contribution in [1.82, 2.24) is 0 Å². The molecule has 0 aromatic heterocycles. The number of carbonyl (C=O) groups is 5. The SMILES string of the molecule is C#CCC(=O)OC.C#CCOC.C=C(C)C(=O)OC.C=C(C)OC.C=C(Cl)C(=O)OC.C=C(Cl)OC.C=CC(=O)OC.C=COC.COC(=O)CC1CO1.COCC1CO1. The minimum Gasteiger partial charge on any atom is -0.505 e. The van der Waals surface area contributed by atoms with Gasteiger partial charge >= 0.3 is 29.8 Å². The second kappa shape index (κ2) is 60.4. The first-order valence-electron chi connectivity index (χ1n) is 16.4. The van der Waals surface area contributed by atoms with Gasteiger partial charge < -0.3 is 56.8 Å². The number of halogens is 2. The highest BCUT2D eigenvalue weighted by Crippen LogP contribution is 2.13. The molecule has 0 aliphatic carbocycles. The van der Waals surface area contributed by atoms with Crippen molar-refractivity contribution in [3.8, 4) is 24.7 Å². The zero-order chi connectivity index (χ0) is 48.9. The molecule has 17 nitrogen and oxygen atoms in total.